The maximum Gasteiger partial charge on any atom is 0.258 e. The lowest BCUT2D eigenvalue weighted by Gasteiger charge is -2.30. The second kappa shape index (κ2) is 10.8. The van der Waals surface area contributed by atoms with Crippen LogP contribution in [0.15, 0.2) is 54.6 Å². The highest BCUT2D eigenvalue weighted by Crippen LogP contribution is 2.27. The molecule has 1 heterocycles. The van der Waals surface area contributed by atoms with Gasteiger partial charge >= 0.3 is 0 Å². The summed E-state index contributed by atoms with van der Waals surface area (Å²) < 4.78 is 11.6. The van der Waals surface area contributed by atoms with Crippen molar-refractivity contribution in [2.45, 2.75) is 26.0 Å². The van der Waals surface area contributed by atoms with E-state index in [0.29, 0.717) is 24.0 Å². The van der Waals surface area contributed by atoms with E-state index in [2.05, 4.69) is 17.6 Å². The smallest absolute Gasteiger partial charge is 0.258 e. The topological polar surface area (TPSA) is 59.6 Å². The lowest BCUT2D eigenvalue weighted by molar-refractivity contribution is -0.124. The lowest BCUT2D eigenvalue weighted by atomic mass is 9.95. The molecule has 2 atom stereocenters. The van der Waals surface area contributed by atoms with Crippen LogP contribution in [-0.4, -0.2) is 31.6 Å². The van der Waals surface area contributed by atoms with E-state index in [1.165, 1.54) is 0 Å². The summed E-state index contributed by atoms with van der Waals surface area (Å²) in [5.41, 5.74) is 1.08. The molecule has 2 unspecified atom stereocenters. The summed E-state index contributed by atoms with van der Waals surface area (Å²) in [5, 5.41) is 6.40. The number of ether oxygens (including phenoxy) is 2. The van der Waals surface area contributed by atoms with Crippen LogP contribution in [0.3, 0.4) is 0 Å². The Labute approximate surface area is 166 Å². The summed E-state index contributed by atoms with van der Waals surface area (Å²) in [4.78, 5) is 12.2. The van der Waals surface area contributed by atoms with Crippen molar-refractivity contribution in [1.82, 2.24) is 10.6 Å². The van der Waals surface area contributed by atoms with Crippen molar-refractivity contribution in [2.24, 2.45) is 5.92 Å². The third-order valence-corrected chi connectivity index (χ3v) is 4.58. The zero-order valence-corrected chi connectivity index (χ0v) is 16.3. The van der Waals surface area contributed by atoms with Crippen LogP contribution in [-0.2, 0) is 11.4 Å². The number of amides is 1. The van der Waals surface area contributed by atoms with Crippen molar-refractivity contribution in [1.29, 1.82) is 0 Å². The van der Waals surface area contributed by atoms with Gasteiger partial charge in [-0.2, -0.15) is 0 Å². The van der Waals surface area contributed by atoms with Crippen LogP contribution in [0.4, 0.5) is 0 Å². The molecule has 1 aliphatic rings. The molecule has 146 valence electrons. The van der Waals surface area contributed by atoms with E-state index in [4.69, 9.17) is 9.47 Å². The Morgan fingerprint density at radius 1 is 1.07 bits per heavy atom. The molecule has 0 saturated carbocycles. The Morgan fingerprint density at radius 3 is 2.44 bits per heavy atom. The summed E-state index contributed by atoms with van der Waals surface area (Å²) in [7, 11) is 0. The number of carbonyl (C=O) groups is 1. The first-order valence-corrected chi connectivity index (χ1v) is 9.11. The molecule has 2 N–H and O–H groups in total. The first kappa shape index (κ1) is 21.1. The number of carbonyl (C=O) groups excluding carboxylic acids is 1. The minimum atomic E-state index is -0.0957. The summed E-state index contributed by atoms with van der Waals surface area (Å²) in [5.74, 6) is 1.55. The molecule has 6 heteroatoms. The molecule has 0 aromatic heterocycles. The van der Waals surface area contributed by atoms with E-state index in [1.807, 2.05) is 54.6 Å². The quantitative estimate of drug-likeness (QED) is 0.762. The standard InChI is InChI=1S/C21H26N2O3.ClH/c1-16-13-22-12-11-18(16)23-21(24)15-26-20-10-6-5-9-19(20)25-14-17-7-3-2-4-8-17;/h2-10,16,18,22H,11-15H2,1H3,(H,23,24);1H. The normalized spacial score (nSPS) is 18.9. The van der Waals surface area contributed by atoms with Crippen molar-refractivity contribution in [3.05, 3.63) is 60.2 Å². The summed E-state index contributed by atoms with van der Waals surface area (Å²) >= 11 is 0. The van der Waals surface area contributed by atoms with Crippen molar-refractivity contribution in [2.75, 3.05) is 19.7 Å². The van der Waals surface area contributed by atoms with Crippen molar-refractivity contribution in [3.63, 3.8) is 0 Å². The highest BCUT2D eigenvalue weighted by atomic mass is 35.5. The van der Waals surface area contributed by atoms with E-state index in [1.54, 1.807) is 0 Å². The number of para-hydroxylation sites is 2. The average molecular weight is 391 g/mol. The number of hydrogen-bond donors (Lipinski definition) is 2. The molecule has 2 aromatic carbocycles. The average Bonchev–Trinajstić information content (AvgIpc) is 2.68. The predicted octanol–water partition coefficient (Wildman–Crippen LogP) is 3.18. The second-order valence-corrected chi connectivity index (χ2v) is 6.65. The fourth-order valence-electron chi connectivity index (χ4n) is 3.04. The molecule has 0 aliphatic carbocycles. The fraction of sp³-hybridized carbons (Fsp3) is 0.381. The van der Waals surface area contributed by atoms with Crippen LogP contribution in [0.5, 0.6) is 11.5 Å². The Hall–Kier alpha value is -2.24. The van der Waals surface area contributed by atoms with E-state index in [9.17, 15) is 4.79 Å². The number of piperidine rings is 1. The molecule has 0 bridgehead atoms. The first-order valence-electron chi connectivity index (χ1n) is 9.11. The van der Waals surface area contributed by atoms with Crippen LogP contribution in [0.1, 0.15) is 18.9 Å². The van der Waals surface area contributed by atoms with Gasteiger partial charge in [-0.05, 0) is 43.1 Å². The molecule has 1 saturated heterocycles. The molecule has 1 aliphatic heterocycles. The van der Waals surface area contributed by atoms with Gasteiger partial charge in [0.1, 0.15) is 6.61 Å². The van der Waals surface area contributed by atoms with Gasteiger partial charge in [0.25, 0.3) is 5.91 Å². The minimum absolute atomic E-state index is 0. The van der Waals surface area contributed by atoms with E-state index in [-0.39, 0.29) is 31.0 Å². The Morgan fingerprint density at radius 2 is 1.74 bits per heavy atom. The summed E-state index contributed by atoms with van der Waals surface area (Å²) in [6.07, 6.45) is 0.948. The van der Waals surface area contributed by atoms with Gasteiger partial charge in [-0.1, -0.05) is 49.4 Å². The third-order valence-electron chi connectivity index (χ3n) is 4.58. The number of hydrogen-bond acceptors (Lipinski definition) is 4. The summed E-state index contributed by atoms with van der Waals surface area (Å²) in [6.45, 7) is 4.46. The molecule has 2 aromatic rings. The highest BCUT2D eigenvalue weighted by Gasteiger charge is 2.22. The van der Waals surface area contributed by atoms with Gasteiger partial charge in [0, 0.05) is 6.04 Å². The molecule has 27 heavy (non-hydrogen) atoms. The number of benzene rings is 2. The zero-order valence-electron chi connectivity index (χ0n) is 15.5. The van der Waals surface area contributed by atoms with Crippen LogP contribution in [0.25, 0.3) is 0 Å². The van der Waals surface area contributed by atoms with Gasteiger partial charge in [0.2, 0.25) is 0 Å². The Kier molecular flexibility index (Phi) is 8.43. The van der Waals surface area contributed by atoms with E-state index in [0.717, 1.165) is 25.1 Å². The zero-order chi connectivity index (χ0) is 18.2. The van der Waals surface area contributed by atoms with Crippen molar-refractivity contribution < 1.29 is 14.3 Å². The van der Waals surface area contributed by atoms with E-state index < -0.39 is 0 Å². The second-order valence-electron chi connectivity index (χ2n) is 6.65. The Bertz CT molecular complexity index is 712. The van der Waals surface area contributed by atoms with Crippen molar-refractivity contribution >= 4 is 18.3 Å². The van der Waals surface area contributed by atoms with Gasteiger partial charge in [0.15, 0.2) is 18.1 Å². The number of rotatable bonds is 7. The molecule has 0 radical (unpaired) electrons. The number of nitrogens with one attached hydrogen (secondary N) is 2. The predicted molar refractivity (Wildman–Crippen MR) is 109 cm³/mol. The van der Waals surface area contributed by atoms with Crippen molar-refractivity contribution in [3.8, 4) is 11.5 Å². The van der Waals surface area contributed by atoms with E-state index >= 15 is 0 Å². The van der Waals surface area contributed by atoms with Gasteiger partial charge in [-0.15, -0.1) is 12.4 Å². The maximum atomic E-state index is 12.2. The van der Waals surface area contributed by atoms with Gasteiger partial charge < -0.3 is 20.1 Å². The third kappa shape index (κ3) is 6.45. The van der Waals surface area contributed by atoms with Crippen LogP contribution < -0.4 is 20.1 Å². The fourth-order valence-corrected chi connectivity index (χ4v) is 3.04. The highest BCUT2D eigenvalue weighted by molar-refractivity contribution is 5.85. The lowest BCUT2D eigenvalue weighted by Crippen LogP contribution is -2.49. The summed E-state index contributed by atoms with van der Waals surface area (Å²) in [6, 6.07) is 17.6. The molecular weight excluding hydrogens is 364 g/mol. The monoisotopic (exact) mass is 390 g/mol. The molecule has 0 spiro atoms. The molecular formula is C21H27ClN2O3. The first-order chi connectivity index (χ1) is 12.7. The Balaban J connectivity index is 0.00000261. The molecule has 5 nitrogen and oxygen atoms in total. The maximum absolute atomic E-state index is 12.2. The largest absolute Gasteiger partial charge is 0.485 e. The van der Waals surface area contributed by atoms with Crippen LogP contribution in [0, 0.1) is 5.92 Å². The number of halogens is 1. The SMILES string of the molecule is CC1CNCCC1NC(=O)COc1ccccc1OCc1ccccc1.Cl. The molecule has 1 amide bonds. The van der Waals surface area contributed by atoms with Gasteiger partial charge in [0.05, 0.1) is 0 Å². The van der Waals surface area contributed by atoms with Crippen LogP contribution in [0.2, 0.25) is 0 Å². The van der Waals surface area contributed by atoms with Crippen LogP contribution >= 0.6 is 12.4 Å². The molecule has 1 fully saturated rings. The van der Waals surface area contributed by atoms with Gasteiger partial charge in [-0.25, -0.2) is 0 Å². The molecule has 3 rings (SSSR count). The van der Waals surface area contributed by atoms with Gasteiger partial charge in [-0.3, -0.25) is 4.79 Å². The minimum Gasteiger partial charge on any atom is -0.485 e.